The molecule has 0 radical (unpaired) electrons. The van der Waals surface area contributed by atoms with E-state index in [4.69, 9.17) is 37.4 Å². The highest BCUT2D eigenvalue weighted by Crippen LogP contribution is 2.31. The molecular formula is C24H24Cl2N2O4. The van der Waals surface area contributed by atoms with Crippen molar-refractivity contribution in [3.63, 3.8) is 0 Å². The van der Waals surface area contributed by atoms with Crippen molar-refractivity contribution >= 4 is 35.2 Å². The summed E-state index contributed by atoms with van der Waals surface area (Å²) in [5, 5.41) is 13.3. The third kappa shape index (κ3) is 6.64. The second-order valence-corrected chi connectivity index (χ2v) is 8.02. The van der Waals surface area contributed by atoms with Gasteiger partial charge in [-0.05, 0) is 55.7 Å². The lowest BCUT2D eigenvalue weighted by Crippen LogP contribution is -2.32. The Kier molecular flexibility index (Phi) is 8.81. The van der Waals surface area contributed by atoms with Crippen LogP contribution in [0.4, 0.5) is 0 Å². The number of carbonyl (C=O) groups excluding carboxylic acids is 1. The lowest BCUT2D eigenvalue weighted by molar-refractivity contribution is -0.117. The average Bonchev–Trinajstić information content (AvgIpc) is 3.30. The Morgan fingerprint density at radius 1 is 1.25 bits per heavy atom. The third-order valence-corrected chi connectivity index (χ3v) is 5.44. The summed E-state index contributed by atoms with van der Waals surface area (Å²) in [4.78, 5) is 12.4. The second kappa shape index (κ2) is 11.8. The van der Waals surface area contributed by atoms with Crippen molar-refractivity contribution in [2.45, 2.75) is 32.5 Å². The van der Waals surface area contributed by atoms with Gasteiger partial charge in [0, 0.05) is 28.8 Å². The molecule has 0 aromatic heterocycles. The van der Waals surface area contributed by atoms with Gasteiger partial charge >= 0.3 is 0 Å². The molecule has 6 nitrogen and oxygen atoms in total. The summed E-state index contributed by atoms with van der Waals surface area (Å²) in [6, 6.07) is 12.4. The van der Waals surface area contributed by atoms with Crippen molar-refractivity contribution in [2.24, 2.45) is 0 Å². The van der Waals surface area contributed by atoms with Gasteiger partial charge in [0.15, 0.2) is 11.5 Å². The highest BCUT2D eigenvalue weighted by atomic mass is 35.5. The summed E-state index contributed by atoms with van der Waals surface area (Å²) >= 11 is 12.2. The first-order chi connectivity index (χ1) is 15.5. The van der Waals surface area contributed by atoms with E-state index in [2.05, 4.69) is 5.32 Å². The van der Waals surface area contributed by atoms with Crippen LogP contribution in [0.25, 0.3) is 6.08 Å². The molecule has 1 aliphatic heterocycles. The predicted molar refractivity (Wildman–Crippen MR) is 124 cm³/mol. The number of hydrogen-bond donors (Lipinski definition) is 1. The van der Waals surface area contributed by atoms with Crippen LogP contribution in [0.3, 0.4) is 0 Å². The van der Waals surface area contributed by atoms with E-state index in [1.807, 2.05) is 13.0 Å². The molecule has 0 unspecified atom stereocenters. The normalized spacial score (nSPS) is 15.8. The maximum Gasteiger partial charge on any atom is 0.262 e. The number of nitrogens with zero attached hydrogens (tertiary/aromatic N) is 1. The molecule has 1 heterocycles. The Morgan fingerprint density at radius 2 is 2.09 bits per heavy atom. The molecule has 1 saturated heterocycles. The minimum absolute atomic E-state index is 0.00654. The molecule has 2 aromatic rings. The van der Waals surface area contributed by atoms with Gasteiger partial charge in [-0.15, -0.1) is 0 Å². The minimum Gasteiger partial charge on any atom is -0.490 e. The van der Waals surface area contributed by atoms with E-state index in [0.29, 0.717) is 46.9 Å². The lowest BCUT2D eigenvalue weighted by Gasteiger charge is -2.14. The van der Waals surface area contributed by atoms with Crippen LogP contribution in [-0.4, -0.2) is 31.8 Å². The van der Waals surface area contributed by atoms with Crippen LogP contribution in [0, 0.1) is 11.3 Å². The number of amides is 1. The van der Waals surface area contributed by atoms with E-state index >= 15 is 0 Å². The molecule has 0 spiro atoms. The first-order valence-corrected chi connectivity index (χ1v) is 11.1. The summed E-state index contributed by atoms with van der Waals surface area (Å²) in [5.41, 5.74) is 1.44. The van der Waals surface area contributed by atoms with Crippen LogP contribution in [0.1, 0.15) is 30.9 Å². The van der Waals surface area contributed by atoms with Crippen LogP contribution in [-0.2, 0) is 16.1 Å². The van der Waals surface area contributed by atoms with Crippen molar-refractivity contribution in [1.29, 1.82) is 5.26 Å². The van der Waals surface area contributed by atoms with Crippen LogP contribution >= 0.6 is 23.2 Å². The molecule has 8 heteroatoms. The van der Waals surface area contributed by atoms with E-state index in [0.717, 1.165) is 18.4 Å². The maximum atomic E-state index is 12.4. The molecule has 1 N–H and O–H groups in total. The average molecular weight is 475 g/mol. The number of hydrogen-bond acceptors (Lipinski definition) is 5. The minimum atomic E-state index is -0.432. The van der Waals surface area contributed by atoms with Crippen LogP contribution in [0.15, 0.2) is 42.0 Å². The van der Waals surface area contributed by atoms with Gasteiger partial charge in [0.2, 0.25) is 0 Å². The van der Waals surface area contributed by atoms with Crippen molar-refractivity contribution in [1.82, 2.24) is 5.32 Å². The quantitative estimate of drug-likeness (QED) is 0.400. The van der Waals surface area contributed by atoms with E-state index in [1.54, 1.807) is 36.4 Å². The van der Waals surface area contributed by atoms with Crippen molar-refractivity contribution < 1.29 is 19.0 Å². The number of benzene rings is 2. The third-order valence-electron chi connectivity index (χ3n) is 4.86. The summed E-state index contributed by atoms with van der Waals surface area (Å²) in [7, 11) is 0. The van der Waals surface area contributed by atoms with Gasteiger partial charge in [-0.25, -0.2) is 0 Å². The van der Waals surface area contributed by atoms with Crippen molar-refractivity contribution in [2.75, 3.05) is 19.8 Å². The molecule has 0 saturated carbocycles. The molecule has 1 amide bonds. The smallest absolute Gasteiger partial charge is 0.262 e. The fourth-order valence-electron chi connectivity index (χ4n) is 3.22. The lowest BCUT2D eigenvalue weighted by atomic mass is 10.1. The monoisotopic (exact) mass is 474 g/mol. The number of ether oxygens (including phenoxy) is 3. The molecule has 1 atom stereocenters. The highest BCUT2D eigenvalue weighted by Gasteiger charge is 2.18. The molecular weight excluding hydrogens is 451 g/mol. The van der Waals surface area contributed by atoms with Gasteiger partial charge in [0.1, 0.15) is 18.2 Å². The van der Waals surface area contributed by atoms with Crippen LogP contribution < -0.4 is 14.8 Å². The number of nitriles is 1. The Bertz CT molecular complexity index is 1030. The Hall–Kier alpha value is -2.72. The number of carbonyl (C=O) groups is 1. The fraction of sp³-hybridized carbons (Fsp3) is 0.333. The van der Waals surface area contributed by atoms with Gasteiger partial charge in [0.25, 0.3) is 5.91 Å². The molecule has 2 aromatic carbocycles. The van der Waals surface area contributed by atoms with Crippen LogP contribution in [0.2, 0.25) is 10.0 Å². The Morgan fingerprint density at radius 3 is 2.78 bits per heavy atom. The number of halogens is 2. The van der Waals surface area contributed by atoms with Gasteiger partial charge in [-0.1, -0.05) is 35.3 Å². The SMILES string of the molecule is CCOc1cc(/C=C(\C#N)C(=O)NC[C@H]2CCCO2)ccc1OCc1ccc(Cl)cc1Cl. The molecule has 0 aliphatic carbocycles. The van der Waals surface area contributed by atoms with Gasteiger partial charge in [-0.2, -0.15) is 5.26 Å². The van der Waals surface area contributed by atoms with Crippen molar-refractivity contribution in [3.05, 3.63) is 63.1 Å². The van der Waals surface area contributed by atoms with Gasteiger partial charge < -0.3 is 19.5 Å². The first-order valence-electron chi connectivity index (χ1n) is 10.3. The molecule has 168 valence electrons. The molecule has 0 bridgehead atoms. The molecule has 1 fully saturated rings. The zero-order valence-corrected chi connectivity index (χ0v) is 19.2. The molecule has 32 heavy (non-hydrogen) atoms. The van der Waals surface area contributed by atoms with E-state index < -0.39 is 5.91 Å². The highest BCUT2D eigenvalue weighted by molar-refractivity contribution is 6.35. The van der Waals surface area contributed by atoms with Crippen molar-refractivity contribution in [3.8, 4) is 17.6 Å². The van der Waals surface area contributed by atoms with E-state index in [9.17, 15) is 10.1 Å². The Labute approximate surface area is 197 Å². The summed E-state index contributed by atoms with van der Waals surface area (Å²) in [6.07, 6.45) is 3.42. The van der Waals surface area contributed by atoms with Gasteiger partial charge in [0.05, 0.1) is 12.7 Å². The summed E-state index contributed by atoms with van der Waals surface area (Å²) in [5.74, 6) is 0.596. The number of nitrogens with one attached hydrogen (secondary N) is 1. The molecule has 3 rings (SSSR count). The zero-order valence-electron chi connectivity index (χ0n) is 17.7. The standard InChI is InChI=1S/C24H24Cl2N2O4/c1-2-30-23-11-16(10-18(13-27)24(29)28-14-20-4-3-9-31-20)5-8-22(23)32-15-17-6-7-19(25)12-21(17)26/h5-8,10-12,20H,2-4,9,14-15H2,1H3,(H,28,29)/b18-10+/t20-/m1/s1. The Balaban J connectivity index is 1.71. The predicted octanol–water partition coefficient (Wildman–Crippen LogP) is 5.17. The van der Waals surface area contributed by atoms with Crippen LogP contribution in [0.5, 0.6) is 11.5 Å². The largest absolute Gasteiger partial charge is 0.490 e. The number of rotatable bonds is 9. The second-order valence-electron chi connectivity index (χ2n) is 7.18. The summed E-state index contributed by atoms with van der Waals surface area (Å²) in [6.45, 7) is 3.63. The summed E-state index contributed by atoms with van der Waals surface area (Å²) < 4.78 is 17.1. The van der Waals surface area contributed by atoms with Gasteiger partial charge in [-0.3, -0.25) is 4.79 Å². The topological polar surface area (TPSA) is 80.6 Å². The van der Waals surface area contributed by atoms with E-state index in [-0.39, 0.29) is 18.3 Å². The first kappa shape index (κ1) is 23.9. The maximum absolute atomic E-state index is 12.4. The zero-order chi connectivity index (χ0) is 22.9. The fourth-order valence-corrected chi connectivity index (χ4v) is 3.68. The molecule has 1 aliphatic rings. The van der Waals surface area contributed by atoms with E-state index in [1.165, 1.54) is 6.08 Å².